The zero-order valence-corrected chi connectivity index (χ0v) is 12.2. The Balaban J connectivity index is 1.97. The molecule has 0 unspecified atom stereocenters. The number of halogens is 1. The van der Waals surface area contributed by atoms with Gasteiger partial charge in [0.05, 0.1) is 23.7 Å². The van der Waals surface area contributed by atoms with Crippen LogP contribution in [-0.4, -0.2) is 12.5 Å². The summed E-state index contributed by atoms with van der Waals surface area (Å²) in [5, 5.41) is 5.23. The lowest BCUT2D eigenvalue weighted by molar-refractivity contribution is 0.0951. The minimum absolute atomic E-state index is 0.182. The number of rotatable bonds is 3. The van der Waals surface area contributed by atoms with Gasteiger partial charge in [-0.05, 0) is 18.2 Å². The van der Waals surface area contributed by atoms with Crippen molar-refractivity contribution < 1.29 is 4.79 Å². The zero-order valence-electron chi connectivity index (χ0n) is 10.7. The van der Waals surface area contributed by atoms with Gasteiger partial charge in [0.2, 0.25) is 0 Å². The highest BCUT2D eigenvalue weighted by Gasteiger charge is 2.09. The Kier molecular flexibility index (Phi) is 5.19. The van der Waals surface area contributed by atoms with E-state index in [0.29, 0.717) is 23.7 Å². The van der Waals surface area contributed by atoms with E-state index in [2.05, 4.69) is 17.2 Å². The Morgan fingerprint density at radius 2 is 2.20 bits per heavy atom. The van der Waals surface area contributed by atoms with Crippen molar-refractivity contribution in [2.45, 2.75) is 6.54 Å². The monoisotopic (exact) mass is 304 g/mol. The molecule has 0 radical (unpaired) electrons. The highest BCUT2D eigenvalue weighted by atomic mass is 35.5. The van der Waals surface area contributed by atoms with Gasteiger partial charge in [-0.15, -0.1) is 11.3 Å². The Morgan fingerprint density at radius 1 is 1.40 bits per heavy atom. The molecule has 0 spiro atoms. The van der Waals surface area contributed by atoms with E-state index >= 15 is 0 Å². The maximum absolute atomic E-state index is 12.0. The van der Waals surface area contributed by atoms with E-state index in [1.165, 1.54) is 0 Å². The molecule has 0 saturated heterocycles. The Morgan fingerprint density at radius 3 is 2.95 bits per heavy atom. The molecule has 3 nitrogen and oxygen atoms in total. The maximum Gasteiger partial charge on any atom is 0.253 e. The quantitative estimate of drug-likeness (QED) is 0.857. The van der Waals surface area contributed by atoms with Crippen molar-refractivity contribution in [3.63, 3.8) is 0 Å². The molecule has 102 valence electrons. The smallest absolute Gasteiger partial charge is 0.253 e. The number of amides is 1. The largest absolute Gasteiger partial charge is 0.347 e. The highest BCUT2D eigenvalue weighted by Crippen LogP contribution is 2.16. The third kappa shape index (κ3) is 3.84. The predicted molar refractivity (Wildman–Crippen MR) is 82.9 cm³/mol. The first-order chi connectivity index (χ1) is 9.70. The van der Waals surface area contributed by atoms with Crippen LogP contribution in [0.5, 0.6) is 0 Å². The van der Waals surface area contributed by atoms with E-state index in [1.54, 1.807) is 35.6 Å². The minimum Gasteiger partial charge on any atom is -0.347 e. The van der Waals surface area contributed by atoms with E-state index < -0.39 is 0 Å². The first kappa shape index (κ1) is 14.6. The number of nitrogens with two attached hydrogens (primary N) is 1. The summed E-state index contributed by atoms with van der Waals surface area (Å²) >= 11 is 7.52. The molecule has 1 amide bonds. The summed E-state index contributed by atoms with van der Waals surface area (Å²) in [4.78, 5) is 13.0. The van der Waals surface area contributed by atoms with Crippen LogP contribution in [0.4, 0.5) is 0 Å². The highest BCUT2D eigenvalue weighted by molar-refractivity contribution is 7.10. The summed E-state index contributed by atoms with van der Waals surface area (Å²) in [7, 11) is 0. The fourth-order valence-corrected chi connectivity index (χ4v) is 2.58. The average Bonchev–Trinajstić information content (AvgIpc) is 2.91. The molecule has 0 atom stereocenters. The molecule has 0 fully saturated rings. The minimum atomic E-state index is -0.182. The number of thiophene rings is 1. The Hall–Kier alpha value is -1.80. The van der Waals surface area contributed by atoms with Gasteiger partial charge in [0, 0.05) is 15.8 Å². The van der Waals surface area contributed by atoms with Crippen molar-refractivity contribution in [3.8, 4) is 11.8 Å². The first-order valence-electron chi connectivity index (χ1n) is 6.00. The van der Waals surface area contributed by atoms with Crippen LogP contribution >= 0.6 is 22.9 Å². The van der Waals surface area contributed by atoms with Gasteiger partial charge in [0.25, 0.3) is 5.91 Å². The van der Waals surface area contributed by atoms with Crippen molar-refractivity contribution in [1.29, 1.82) is 0 Å². The molecule has 2 rings (SSSR count). The number of hydrogen-bond acceptors (Lipinski definition) is 3. The fourth-order valence-electron chi connectivity index (χ4n) is 1.60. The van der Waals surface area contributed by atoms with Crippen molar-refractivity contribution in [2.24, 2.45) is 5.73 Å². The maximum atomic E-state index is 12.0. The third-order valence-corrected chi connectivity index (χ3v) is 3.80. The molecule has 1 aromatic carbocycles. The molecular formula is C15H13ClN2OS. The Bertz CT molecular complexity index is 670. The number of carbonyl (C=O) groups is 1. The molecule has 1 heterocycles. The molecule has 5 heteroatoms. The van der Waals surface area contributed by atoms with Gasteiger partial charge in [0.15, 0.2) is 0 Å². The van der Waals surface area contributed by atoms with Gasteiger partial charge < -0.3 is 11.1 Å². The normalized spacial score (nSPS) is 9.70. The van der Waals surface area contributed by atoms with Crippen LogP contribution in [0.2, 0.25) is 5.02 Å². The van der Waals surface area contributed by atoms with Crippen LogP contribution < -0.4 is 11.1 Å². The van der Waals surface area contributed by atoms with Crippen LogP contribution in [0.15, 0.2) is 35.7 Å². The van der Waals surface area contributed by atoms with Crippen molar-refractivity contribution >= 4 is 28.8 Å². The summed E-state index contributed by atoms with van der Waals surface area (Å²) in [6.45, 7) is 0.799. The predicted octanol–water partition coefficient (Wildman–Crippen LogP) is 2.64. The van der Waals surface area contributed by atoms with Crippen molar-refractivity contribution in [2.75, 3.05) is 6.54 Å². The Labute approximate surface area is 126 Å². The molecule has 1 aromatic heterocycles. The summed E-state index contributed by atoms with van der Waals surface area (Å²) < 4.78 is 0. The molecule has 0 aliphatic carbocycles. The van der Waals surface area contributed by atoms with Gasteiger partial charge in [-0.25, -0.2) is 0 Å². The average molecular weight is 305 g/mol. The topological polar surface area (TPSA) is 55.1 Å². The molecule has 20 heavy (non-hydrogen) atoms. The van der Waals surface area contributed by atoms with Crippen LogP contribution in [0.25, 0.3) is 0 Å². The van der Waals surface area contributed by atoms with Gasteiger partial charge in [-0.1, -0.05) is 35.6 Å². The summed E-state index contributed by atoms with van der Waals surface area (Å²) in [5.41, 5.74) is 6.72. The van der Waals surface area contributed by atoms with E-state index in [4.69, 9.17) is 17.3 Å². The van der Waals surface area contributed by atoms with Crippen LogP contribution in [0.3, 0.4) is 0 Å². The van der Waals surface area contributed by atoms with E-state index in [1.807, 2.05) is 11.4 Å². The fraction of sp³-hybridized carbons (Fsp3) is 0.133. The lowest BCUT2D eigenvalue weighted by Gasteiger charge is -2.04. The van der Waals surface area contributed by atoms with Gasteiger partial charge in [0.1, 0.15) is 0 Å². The molecule has 0 saturated carbocycles. The van der Waals surface area contributed by atoms with Gasteiger partial charge in [-0.3, -0.25) is 4.79 Å². The summed E-state index contributed by atoms with van der Waals surface area (Å²) in [5.74, 6) is 5.57. The second kappa shape index (κ2) is 7.11. The molecule has 3 N–H and O–H groups in total. The van der Waals surface area contributed by atoms with E-state index in [-0.39, 0.29) is 5.91 Å². The van der Waals surface area contributed by atoms with E-state index in [0.717, 1.165) is 10.4 Å². The molecular weight excluding hydrogens is 292 g/mol. The zero-order chi connectivity index (χ0) is 14.4. The number of hydrogen-bond donors (Lipinski definition) is 2. The summed E-state index contributed by atoms with van der Waals surface area (Å²) in [6, 6.07) is 8.92. The van der Waals surface area contributed by atoms with Crippen LogP contribution in [0.1, 0.15) is 20.8 Å². The lowest BCUT2D eigenvalue weighted by atomic mass is 10.2. The molecule has 0 aliphatic heterocycles. The van der Waals surface area contributed by atoms with Crippen molar-refractivity contribution in [3.05, 3.63) is 56.7 Å². The second-order valence-corrected chi connectivity index (χ2v) is 5.37. The summed E-state index contributed by atoms with van der Waals surface area (Å²) in [6.07, 6.45) is 0. The number of benzene rings is 1. The lowest BCUT2D eigenvalue weighted by Crippen LogP contribution is -2.22. The van der Waals surface area contributed by atoms with E-state index in [9.17, 15) is 4.79 Å². The number of carbonyl (C=O) groups excluding carboxylic acids is 1. The molecule has 0 aliphatic rings. The SMILES string of the molecule is NCC#Cc1csc(CNC(=O)c2ccccc2Cl)c1. The third-order valence-electron chi connectivity index (χ3n) is 2.53. The van der Waals surface area contributed by atoms with Crippen molar-refractivity contribution in [1.82, 2.24) is 5.32 Å². The standard InChI is InChI=1S/C15H13ClN2OS/c16-14-6-2-1-5-13(14)15(19)18-9-12-8-11(10-20-12)4-3-7-17/h1-2,5-6,8,10H,7,9,17H2,(H,18,19). The molecule has 2 aromatic rings. The van der Waals surface area contributed by atoms with Gasteiger partial charge >= 0.3 is 0 Å². The van der Waals surface area contributed by atoms with Crippen LogP contribution in [0, 0.1) is 11.8 Å². The first-order valence-corrected chi connectivity index (χ1v) is 7.25. The molecule has 0 bridgehead atoms. The number of nitrogens with one attached hydrogen (secondary N) is 1. The van der Waals surface area contributed by atoms with Crippen LogP contribution in [-0.2, 0) is 6.54 Å². The van der Waals surface area contributed by atoms with Gasteiger partial charge in [-0.2, -0.15) is 0 Å². The second-order valence-electron chi connectivity index (χ2n) is 3.97.